The Morgan fingerprint density at radius 1 is 1.21 bits per heavy atom. The third kappa shape index (κ3) is 6.30. The van der Waals surface area contributed by atoms with E-state index >= 15 is 0 Å². The Hall–Kier alpha value is -1.69. The van der Waals surface area contributed by atoms with Gasteiger partial charge in [-0.05, 0) is 52.0 Å². The van der Waals surface area contributed by atoms with E-state index in [0.717, 1.165) is 12.1 Å². The van der Waals surface area contributed by atoms with E-state index in [-0.39, 0.29) is 47.7 Å². The highest BCUT2D eigenvalue weighted by Gasteiger charge is 2.45. The van der Waals surface area contributed by atoms with Crippen LogP contribution >= 0.6 is 25.1 Å². The number of aromatic nitrogens is 1. The molecule has 34 heavy (non-hydrogen) atoms. The molecule has 2 atom stereocenters. The van der Waals surface area contributed by atoms with Gasteiger partial charge < -0.3 is 4.74 Å². The molecule has 2 aromatic rings. The lowest BCUT2D eigenvalue weighted by Crippen LogP contribution is -2.47. The van der Waals surface area contributed by atoms with E-state index in [1.165, 1.54) is 12.1 Å². The highest BCUT2D eigenvalue weighted by Crippen LogP contribution is 2.44. The Labute approximate surface area is 210 Å². The van der Waals surface area contributed by atoms with E-state index < -0.39 is 44.7 Å². The zero-order chi connectivity index (χ0) is 25.4. The normalized spacial score (nSPS) is 18.1. The summed E-state index contributed by atoms with van der Waals surface area (Å²) in [6.45, 7) is 10.7. The molecule has 1 aromatic heterocycles. The molecule has 0 bridgehead atoms. The average molecular weight is 543 g/mol. The number of fused-ring (bicyclic) bond motifs is 1. The molecule has 5 nitrogen and oxygen atoms in total. The molecule has 1 aromatic carbocycles. The molecule has 0 radical (unpaired) electrons. The molecule has 3 rings (SSSR count). The summed E-state index contributed by atoms with van der Waals surface area (Å²) in [5.74, 6) is -2.77. The number of hydrogen-bond acceptors (Lipinski definition) is 4. The van der Waals surface area contributed by atoms with Crippen LogP contribution in [-0.2, 0) is 16.5 Å². The molecule has 2 unspecified atom stereocenters. The van der Waals surface area contributed by atoms with Crippen LogP contribution in [0.5, 0.6) is 5.75 Å². The van der Waals surface area contributed by atoms with Crippen molar-refractivity contribution in [3.05, 3.63) is 46.4 Å². The molecule has 1 N–H and O–H groups in total. The number of benzene rings is 1. The SMILES string of the molecule is CC.CC1(NS(=O)C(C)(C)C)COc2c1cc(C(=O)C(F)(F)F)nc2-c1ccc(F)c(Cl)c1.S. The summed E-state index contributed by atoms with van der Waals surface area (Å²) < 4.78 is 73.6. The lowest BCUT2D eigenvalue weighted by Gasteiger charge is -2.28. The highest BCUT2D eigenvalue weighted by atomic mass is 35.5. The molecule has 0 saturated carbocycles. The smallest absolute Gasteiger partial charge is 0.456 e. The first-order chi connectivity index (χ1) is 15.1. The zero-order valence-electron chi connectivity index (χ0n) is 19.5. The minimum Gasteiger partial charge on any atom is -0.489 e. The molecular weight excluding hydrogens is 516 g/mol. The largest absolute Gasteiger partial charge is 0.489 e. The lowest BCUT2D eigenvalue weighted by molar-refractivity contribution is -0.0888. The predicted molar refractivity (Wildman–Crippen MR) is 131 cm³/mol. The van der Waals surface area contributed by atoms with Crippen molar-refractivity contribution in [3.63, 3.8) is 0 Å². The van der Waals surface area contributed by atoms with Gasteiger partial charge in [-0.15, -0.1) is 0 Å². The summed E-state index contributed by atoms with van der Waals surface area (Å²) in [5, 5.41) is -0.270. The van der Waals surface area contributed by atoms with Gasteiger partial charge >= 0.3 is 6.18 Å². The molecule has 0 saturated heterocycles. The fourth-order valence-electron chi connectivity index (χ4n) is 2.93. The van der Waals surface area contributed by atoms with Gasteiger partial charge in [0.05, 0.1) is 26.3 Å². The summed E-state index contributed by atoms with van der Waals surface area (Å²) in [5.41, 5.74) is -1.78. The van der Waals surface area contributed by atoms with Gasteiger partial charge in [0.15, 0.2) is 5.75 Å². The van der Waals surface area contributed by atoms with Crippen LogP contribution in [0.3, 0.4) is 0 Å². The van der Waals surface area contributed by atoms with Gasteiger partial charge in [-0.2, -0.15) is 26.7 Å². The van der Waals surface area contributed by atoms with Gasteiger partial charge in [-0.25, -0.2) is 18.3 Å². The Balaban J connectivity index is 0.00000188. The summed E-state index contributed by atoms with van der Waals surface area (Å²) in [6.07, 6.45) is -5.16. The van der Waals surface area contributed by atoms with E-state index in [1.54, 1.807) is 27.7 Å². The summed E-state index contributed by atoms with van der Waals surface area (Å²) in [7, 11) is -1.59. The Morgan fingerprint density at radius 3 is 2.29 bits per heavy atom. The minimum absolute atomic E-state index is 0. The van der Waals surface area contributed by atoms with Crippen LogP contribution in [0.15, 0.2) is 24.3 Å². The standard InChI is InChI=1S/C20H19ClF4N2O3S.C2H6.H2S/c1-18(2,3)31(29)27-19(4)9-30-16-11(19)8-14(17(28)20(23,24)25)26-15(16)10-5-6-13(22)12(21)7-10;1-2;/h5-8,27H,9H2,1-4H3;1-2H3;1H2. The maximum atomic E-state index is 13.6. The number of nitrogens with zero attached hydrogens (tertiary/aromatic N) is 1. The summed E-state index contributed by atoms with van der Waals surface area (Å²) in [4.78, 5) is 15.8. The molecule has 0 aliphatic carbocycles. The van der Waals surface area contributed by atoms with Crippen LogP contribution in [0, 0.1) is 5.82 Å². The van der Waals surface area contributed by atoms with Gasteiger partial charge in [-0.1, -0.05) is 25.4 Å². The van der Waals surface area contributed by atoms with E-state index in [9.17, 15) is 26.6 Å². The number of hydrogen-bond donors (Lipinski definition) is 1. The monoisotopic (exact) mass is 542 g/mol. The Morgan fingerprint density at radius 2 is 1.79 bits per heavy atom. The fraction of sp³-hybridized carbons (Fsp3) is 0.455. The van der Waals surface area contributed by atoms with Crippen LogP contribution in [0.1, 0.15) is 57.6 Å². The highest BCUT2D eigenvalue weighted by molar-refractivity contribution is 7.84. The van der Waals surface area contributed by atoms with Crippen molar-refractivity contribution in [2.75, 3.05) is 6.61 Å². The zero-order valence-corrected chi connectivity index (χ0v) is 22.1. The number of rotatable bonds is 4. The van der Waals surface area contributed by atoms with Gasteiger partial charge in [0.1, 0.15) is 23.8 Å². The quantitative estimate of drug-likeness (QED) is 0.375. The van der Waals surface area contributed by atoms with Gasteiger partial charge in [0, 0.05) is 11.1 Å². The van der Waals surface area contributed by atoms with Crippen LogP contribution in [0.25, 0.3) is 11.3 Å². The summed E-state index contributed by atoms with van der Waals surface area (Å²) >= 11 is 5.82. The number of pyridine rings is 1. The first-order valence-electron chi connectivity index (χ1n) is 10.1. The van der Waals surface area contributed by atoms with Crippen LogP contribution in [0.2, 0.25) is 5.02 Å². The minimum atomic E-state index is -5.16. The first kappa shape index (κ1) is 30.3. The molecule has 1 aliphatic heterocycles. The van der Waals surface area contributed by atoms with Crippen LogP contribution in [0.4, 0.5) is 17.6 Å². The second-order valence-corrected chi connectivity index (χ2v) is 10.7. The van der Waals surface area contributed by atoms with Crippen LogP contribution in [-0.4, -0.2) is 32.5 Å². The first-order valence-corrected chi connectivity index (χ1v) is 11.6. The lowest BCUT2D eigenvalue weighted by atomic mass is 9.93. The third-order valence-electron chi connectivity index (χ3n) is 4.63. The maximum Gasteiger partial charge on any atom is 0.456 e. The second kappa shape index (κ2) is 10.9. The molecule has 190 valence electrons. The number of carbonyl (C=O) groups excluding carboxylic acids is 1. The molecule has 0 amide bonds. The van der Waals surface area contributed by atoms with Crippen molar-refractivity contribution >= 4 is 41.9 Å². The number of halogens is 5. The van der Waals surface area contributed by atoms with E-state index in [2.05, 4.69) is 9.71 Å². The maximum absolute atomic E-state index is 13.6. The van der Waals surface area contributed by atoms with Crippen molar-refractivity contribution < 1.29 is 31.3 Å². The van der Waals surface area contributed by atoms with E-state index in [1.807, 2.05) is 13.8 Å². The average Bonchev–Trinajstić information content (AvgIpc) is 3.05. The molecule has 1 aliphatic rings. The number of ether oxygens (including phenoxy) is 1. The molecular formula is C22H27ClF4N2O3S2. The Bertz CT molecular complexity index is 1090. The van der Waals surface area contributed by atoms with E-state index in [0.29, 0.717) is 0 Å². The van der Waals surface area contributed by atoms with Gasteiger partial charge in [0.25, 0.3) is 5.78 Å². The van der Waals surface area contributed by atoms with Crippen molar-refractivity contribution in [1.29, 1.82) is 0 Å². The summed E-state index contributed by atoms with van der Waals surface area (Å²) in [6, 6.07) is 4.47. The molecule has 2 heterocycles. The Kier molecular flexibility index (Phi) is 9.75. The third-order valence-corrected chi connectivity index (χ3v) is 6.67. The van der Waals surface area contributed by atoms with Gasteiger partial charge in [-0.3, -0.25) is 4.79 Å². The fourth-order valence-corrected chi connectivity index (χ4v) is 3.99. The van der Waals surface area contributed by atoms with Crippen molar-refractivity contribution in [1.82, 2.24) is 9.71 Å². The van der Waals surface area contributed by atoms with Crippen molar-refractivity contribution in [2.45, 2.75) is 58.0 Å². The topological polar surface area (TPSA) is 68.3 Å². The van der Waals surface area contributed by atoms with Crippen molar-refractivity contribution in [2.24, 2.45) is 0 Å². The molecule has 12 heteroatoms. The number of nitrogens with one attached hydrogen (secondary N) is 1. The molecule has 0 spiro atoms. The van der Waals surface area contributed by atoms with Crippen molar-refractivity contribution in [3.8, 4) is 17.0 Å². The number of Topliss-reactive ketones (excluding diaryl/α,β-unsaturated/α-hetero) is 1. The predicted octanol–water partition coefficient (Wildman–Crippen LogP) is 6.08. The second-order valence-electron chi connectivity index (χ2n) is 8.29. The molecule has 0 fully saturated rings. The number of ketones is 1. The number of alkyl halides is 3. The van der Waals surface area contributed by atoms with E-state index in [4.69, 9.17) is 16.3 Å². The van der Waals surface area contributed by atoms with Crippen LogP contribution < -0.4 is 9.46 Å². The number of carbonyl (C=O) groups is 1. The van der Waals surface area contributed by atoms with Gasteiger partial charge in [0.2, 0.25) is 0 Å².